The molecule has 1 aliphatic rings. The van der Waals surface area contributed by atoms with Gasteiger partial charge >= 0.3 is 11.9 Å². The number of carbonyl (C=O) groups excluding carboxylic acids is 3. The van der Waals surface area contributed by atoms with Crippen LogP contribution < -0.4 is 16.4 Å². The second kappa shape index (κ2) is 9.97. The number of carbonyl (C=O) groups is 5. The predicted octanol–water partition coefficient (Wildman–Crippen LogP) is -2.61. The fraction of sp³-hybridized carbons (Fsp3) is 0.643. The zero-order valence-corrected chi connectivity index (χ0v) is 14.8. The summed E-state index contributed by atoms with van der Waals surface area (Å²) in [6.45, 7) is -0.177. The van der Waals surface area contributed by atoms with E-state index in [2.05, 4.69) is 17.9 Å². The summed E-state index contributed by atoms with van der Waals surface area (Å²) in [5, 5.41) is 21.8. The summed E-state index contributed by atoms with van der Waals surface area (Å²) in [4.78, 5) is 58.9. The molecule has 3 amide bonds. The van der Waals surface area contributed by atoms with Gasteiger partial charge in [-0.15, -0.1) is 0 Å². The van der Waals surface area contributed by atoms with Gasteiger partial charge in [0, 0.05) is 12.3 Å². The minimum Gasteiger partial charge on any atom is -0.481 e. The fourth-order valence-corrected chi connectivity index (χ4v) is 2.66. The van der Waals surface area contributed by atoms with Crippen molar-refractivity contribution >= 4 is 42.3 Å². The lowest BCUT2D eigenvalue weighted by molar-refractivity contribution is -0.147. The Balaban J connectivity index is 2.56. The lowest BCUT2D eigenvalue weighted by Crippen LogP contribution is -2.53. The van der Waals surface area contributed by atoms with E-state index in [4.69, 9.17) is 15.9 Å². The first-order chi connectivity index (χ1) is 12.2. The molecule has 0 aromatic heterocycles. The van der Waals surface area contributed by atoms with Crippen LogP contribution in [-0.2, 0) is 24.0 Å². The number of aliphatic carboxylic acids is 2. The summed E-state index contributed by atoms with van der Waals surface area (Å²) in [5.74, 6) is -4.58. The van der Waals surface area contributed by atoms with Gasteiger partial charge in [-0.05, 0) is 12.8 Å². The Morgan fingerprint density at radius 1 is 1.23 bits per heavy atom. The van der Waals surface area contributed by atoms with Crippen molar-refractivity contribution in [3.63, 3.8) is 0 Å². The molecule has 3 unspecified atom stereocenters. The van der Waals surface area contributed by atoms with Crippen LogP contribution in [0.1, 0.15) is 19.3 Å². The van der Waals surface area contributed by atoms with Crippen LogP contribution in [-0.4, -0.2) is 81.7 Å². The summed E-state index contributed by atoms with van der Waals surface area (Å²) >= 11 is 3.95. The number of nitrogens with zero attached hydrogens (tertiary/aromatic N) is 1. The molecule has 6 N–H and O–H groups in total. The summed E-state index contributed by atoms with van der Waals surface area (Å²) < 4.78 is 0. The quantitative estimate of drug-likeness (QED) is 0.232. The SMILES string of the molecule is NC(CS)C(=O)N1CCCC1C(=O)NCC(=O)NC(CC(=O)O)C(=O)O. The van der Waals surface area contributed by atoms with Crippen LogP contribution >= 0.6 is 12.6 Å². The van der Waals surface area contributed by atoms with E-state index in [0.29, 0.717) is 19.4 Å². The Labute approximate surface area is 154 Å². The highest BCUT2D eigenvalue weighted by Gasteiger charge is 2.36. The van der Waals surface area contributed by atoms with Gasteiger partial charge < -0.3 is 31.5 Å². The van der Waals surface area contributed by atoms with Crippen molar-refractivity contribution in [2.45, 2.75) is 37.4 Å². The van der Waals surface area contributed by atoms with Crippen molar-refractivity contribution in [1.29, 1.82) is 0 Å². The molecule has 0 aliphatic carbocycles. The first-order valence-corrected chi connectivity index (χ1v) is 8.49. The van der Waals surface area contributed by atoms with Gasteiger partial charge in [-0.25, -0.2) is 4.79 Å². The number of carboxylic acid groups (broad SMARTS) is 2. The molecule has 146 valence electrons. The van der Waals surface area contributed by atoms with Gasteiger partial charge in [-0.2, -0.15) is 12.6 Å². The number of hydrogen-bond donors (Lipinski definition) is 6. The molecule has 0 aromatic carbocycles. The zero-order valence-electron chi connectivity index (χ0n) is 13.9. The van der Waals surface area contributed by atoms with Crippen LogP contribution in [0.15, 0.2) is 0 Å². The first-order valence-electron chi connectivity index (χ1n) is 7.86. The van der Waals surface area contributed by atoms with Crippen molar-refractivity contribution in [2.24, 2.45) is 5.73 Å². The number of rotatable bonds is 9. The van der Waals surface area contributed by atoms with Crippen LogP contribution in [0.25, 0.3) is 0 Å². The maximum atomic E-state index is 12.2. The number of nitrogens with two attached hydrogens (primary N) is 1. The molecule has 1 heterocycles. The molecule has 0 saturated carbocycles. The van der Waals surface area contributed by atoms with Gasteiger partial charge in [0.25, 0.3) is 0 Å². The van der Waals surface area contributed by atoms with Gasteiger partial charge in [0.05, 0.1) is 19.0 Å². The highest BCUT2D eigenvalue weighted by atomic mass is 32.1. The predicted molar refractivity (Wildman–Crippen MR) is 91.4 cm³/mol. The Kier molecular flexibility index (Phi) is 8.32. The van der Waals surface area contributed by atoms with Gasteiger partial charge in [0.15, 0.2) is 0 Å². The van der Waals surface area contributed by atoms with E-state index >= 15 is 0 Å². The van der Waals surface area contributed by atoms with E-state index in [1.54, 1.807) is 0 Å². The van der Waals surface area contributed by atoms with E-state index < -0.39 is 60.8 Å². The average molecular weight is 390 g/mol. The molecule has 1 fully saturated rings. The third kappa shape index (κ3) is 6.19. The number of likely N-dealkylation sites (tertiary alicyclic amines) is 1. The van der Waals surface area contributed by atoms with E-state index in [0.717, 1.165) is 0 Å². The molecule has 26 heavy (non-hydrogen) atoms. The van der Waals surface area contributed by atoms with Crippen molar-refractivity contribution in [2.75, 3.05) is 18.8 Å². The summed E-state index contributed by atoms with van der Waals surface area (Å²) in [6, 6.07) is -3.20. The zero-order chi connectivity index (χ0) is 19.9. The van der Waals surface area contributed by atoms with Crippen LogP contribution in [0.2, 0.25) is 0 Å². The third-order valence-electron chi connectivity index (χ3n) is 3.79. The number of carboxylic acids is 2. The van der Waals surface area contributed by atoms with E-state index in [9.17, 15) is 24.0 Å². The molecule has 0 aromatic rings. The highest BCUT2D eigenvalue weighted by molar-refractivity contribution is 7.80. The normalized spacial score (nSPS) is 18.7. The lowest BCUT2D eigenvalue weighted by atomic mass is 10.2. The minimum absolute atomic E-state index is 0.131. The number of hydrogen-bond acceptors (Lipinski definition) is 7. The second-order valence-corrected chi connectivity index (χ2v) is 6.12. The Hall–Kier alpha value is -2.34. The molecule has 0 spiro atoms. The topological polar surface area (TPSA) is 179 Å². The molecule has 0 radical (unpaired) electrons. The average Bonchev–Trinajstić information content (AvgIpc) is 3.06. The van der Waals surface area contributed by atoms with Crippen molar-refractivity contribution in [3.8, 4) is 0 Å². The molecular weight excluding hydrogens is 368 g/mol. The lowest BCUT2D eigenvalue weighted by Gasteiger charge is -2.26. The van der Waals surface area contributed by atoms with Gasteiger partial charge in [0.2, 0.25) is 17.7 Å². The third-order valence-corrected chi connectivity index (χ3v) is 4.18. The molecule has 0 bridgehead atoms. The van der Waals surface area contributed by atoms with Crippen LogP contribution in [0.5, 0.6) is 0 Å². The Morgan fingerprint density at radius 3 is 2.42 bits per heavy atom. The number of amides is 3. The summed E-state index contributed by atoms with van der Waals surface area (Å²) in [5.41, 5.74) is 5.64. The van der Waals surface area contributed by atoms with Crippen LogP contribution in [0.4, 0.5) is 0 Å². The molecule has 1 aliphatic heterocycles. The largest absolute Gasteiger partial charge is 0.481 e. The maximum Gasteiger partial charge on any atom is 0.326 e. The van der Waals surface area contributed by atoms with Crippen LogP contribution in [0.3, 0.4) is 0 Å². The van der Waals surface area contributed by atoms with Crippen LogP contribution in [0, 0.1) is 0 Å². The van der Waals surface area contributed by atoms with E-state index in [1.165, 1.54) is 4.90 Å². The number of nitrogens with one attached hydrogen (secondary N) is 2. The second-order valence-electron chi connectivity index (χ2n) is 5.75. The summed E-state index contributed by atoms with van der Waals surface area (Å²) in [6.07, 6.45) is 0.228. The fourth-order valence-electron chi connectivity index (χ4n) is 2.50. The van der Waals surface area contributed by atoms with Crippen molar-refractivity contribution < 1.29 is 34.2 Å². The minimum atomic E-state index is -1.60. The summed E-state index contributed by atoms with van der Waals surface area (Å²) in [7, 11) is 0. The van der Waals surface area contributed by atoms with Crippen molar-refractivity contribution in [1.82, 2.24) is 15.5 Å². The van der Waals surface area contributed by atoms with Gasteiger partial charge in [0.1, 0.15) is 12.1 Å². The molecule has 3 atom stereocenters. The molecule has 11 nitrogen and oxygen atoms in total. The molecule has 1 rings (SSSR count). The van der Waals surface area contributed by atoms with E-state index in [-0.39, 0.29) is 5.75 Å². The smallest absolute Gasteiger partial charge is 0.326 e. The Bertz CT molecular complexity index is 586. The van der Waals surface area contributed by atoms with Gasteiger partial charge in [-0.3, -0.25) is 19.2 Å². The van der Waals surface area contributed by atoms with Gasteiger partial charge in [-0.1, -0.05) is 0 Å². The Morgan fingerprint density at radius 2 is 1.88 bits per heavy atom. The van der Waals surface area contributed by atoms with E-state index in [1.807, 2.05) is 5.32 Å². The molecule has 12 heteroatoms. The maximum absolute atomic E-state index is 12.2. The molecule has 1 saturated heterocycles. The highest BCUT2D eigenvalue weighted by Crippen LogP contribution is 2.18. The monoisotopic (exact) mass is 390 g/mol. The van der Waals surface area contributed by atoms with Crippen molar-refractivity contribution in [3.05, 3.63) is 0 Å². The standard InChI is InChI=1S/C14H22N4O7S/c15-7(6-26)13(23)18-3-1-2-9(18)12(22)16-5-10(19)17-8(14(24)25)4-11(20)21/h7-9,26H,1-6,15H2,(H,16,22)(H,17,19)(H,20,21)(H,24,25). The number of thiol groups is 1. The first kappa shape index (κ1) is 21.7. The molecular formula is C14H22N4O7S.